The van der Waals surface area contributed by atoms with Crippen LogP contribution < -0.4 is 10.1 Å². The lowest BCUT2D eigenvalue weighted by atomic mass is 9.85. The first-order chi connectivity index (χ1) is 17.9. The van der Waals surface area contributed by atoms with Gasteiger partial charge in [0, 0.05) is 41.4 Å². The summed E-state index contributed by atoms with van der Waals surface area (Å²) in [4.78, 5) is 44.9. The molecule has 2 amide bonds. The summed E-state index contributed by atoms with van der Waals surface area (Å²) >= 11 is 0. The van der Waals surface area contributed by atoms with Crippen molar-refractivity contribution in [3.8, 4) is 5.75 Å². The second-order valence-electron chi connectivity index (χ2n) is 11.6. The number of nitrogens with zero attached hydrogens (tertiary/aromatic N) is 1. The van der Waals surface area contributed by atoms with E-state index in [2.05, 4.69) is 30.2 Å². The van der Waals surface area contributed by atoms with Gasteiger partial charge in [0.05, 0.1) is 13.2 Å². The Labute approximate surface area is 219 Å². The quantitative estimate of drug-likeness (QED) is 0.431. The number of hydrogen-bond acceptors (Lipinski definition) is 4. The van der Waals surface area contributed by atoms with Crippen LogP contribution in [0.4, 0.5) is 0 Å². The maximum Gasteiger partial charge on any atom is 0.246 e. The van der Waals surface area contributed by atoms with Crippen LogP contribution in [-0.2, 0) is 20.8 Å². The second-order valence-corrected chi connectivity index (χ2v) is 11.6. The molecule has 1 aromatic heterocycles. The Bertz CT molecular complexity index is 1160. The molecule has 3 heterocycles. The first kappa shape index (κ1) is 25.8. The molecule has 1 saturated heterocycles. The molecule has 0 bridgehead atoms. The smallest absolute Gasteiger partial charge is 0.246 e. The van der Waals surface area contributed by atoms with Crippen LogP contribution in [0.2, 0.25) is 0 Å². The van der Waals surface area contributed by atoms with Crippen molar-refractivity contribution < 1.29 is 19.1 Å². The van der Waals surface area contributed by atoms with E-state index in [0.717, 1.165) is 66.4 Å². The summed E-state index contributed by atoms with van der Waals surface area (Å²) in [6.07, 6.45) is 9.67. The van der Waals surface area contributed by atoms with Crippen LogP contribution in [0, 0.1) is 11.8 Å². The number of piperazine rings is 1. The lowest BCUT2D eigenvalue weighted by Crippen LogP contribution is -2.65. The summed E-state index contributed by atoms with van der Waals surface area (Å²) in [5.74, 6) is 1.82. The average Bonchev–Trinajstić information content (AvgIpc) is 3.54. The Balaban J connectivity index is 1.29. The molecule has 0 unspecified atom stereocenters. The van der Waals surface area contributed by atoms with Crippen LogP contribution in [0.1, 0.15) is 95.4 Å². The van der Waals surface area contributed by atoms with E-state index in [9.17, 15) is 14.4 Å². The molecular weight excluding hydrogens is 466 g/mol. The van der Waals surface area contributed by atoms with Crippen molar-refractivity contribution >= 4 is 28.5 Å². The minimum Gasteiger partial charge on any atom is -0.497 e. The molecule has 0 radical (unpaired) electrons. The van der Waals surface area contributed by atoms with Gasteiger partial charge in [-0.15, -0.1) is 0 Å². The standard InChI is InChI=1S/C30H41N3O4/c1-18(2)15-25-28-22(21-14-13-20(37-3)16-24(21)31-28)17-26-29(35)32-23(30(36)33(25)26)11-5-4-6-12-27(34)19-9-7-8-10-19/h13-14,16,18-19,23,25-26,31H,4-12,15,17H2,1-3H3,(H,32,35)/t23-,25-,26-/m0/s1. The molecule has 200 valence electrons. The van der Waals surface area contributed by atoms with Crippen LogP contribution in [0.5, 0.6) is 5.75 Å². The second kappa shape index (κ2) is 10.9. The van der Waals surface area contributed by atoms with Gasteiger partial charge in [-0.3, -0.25) is 14.4 Å². The average molecular weight is 508 g/mol. The molecule has 2 aromatic rings. The van der Waals surface area contributed by atoms with Crippen LogP contribution in [0.3, 0.4) is 0 Å². The van der Waals surface area contributed by atoms with Crippen molar-refractivity contribution in [2.45, 2.75) is 103 Å². The molecule has 7 heteroatoms. The number of carbonyl (C=O) groups is 3. The number of amides is 2. The Morgan fingerprint density at radius 1 is 1.14 bits per heavy atom. The Morgan fingerprint density at radius 3 is 2.65 bits per heavy atom. The topological polar surface area (TPSA) is 91.5 Å². The number of ketones is 1. The van der Waals surface area contributed by atoms with E-state index in [1.165, 1.54) is 12.8 Å². The van der Waals surface area contributed by atoms with Gasteiger partial charge in [0.2, 0.25) is 11.8 Å². The molecule has 2 aliphatic heterocycles. The summed E-state index contributed by atoms with van der Waals surface area (Å²) in [5.41, 5.74) is 3.17. The van der Waals surface area contributed by atoms with Gasteiger partial charge >= 0.3 is 0 Å². The zero-order valence-corrected chi connectivity index (χ0v) is 22.5. The number of benzene rings is 1. The third-order valence-corrected chi connectivity index (χ3v) is 8.64. The number of Topliss-reactive ketones (excluding diaryl/α,β-unsaturated/α-hetero) is 1. The first-order valence-electron chi connectivity index (χ1n) is 14.2. The van der Waals surface area contributed by atoms with Gasteiger partial charge in [0.1, 0.15) is 23.6 Å². The maximum atomic E-state index is 13.8. The fourth-order valence-corrected chi connectivity index (χ4v) is 6.72. The van der Waals surface area contributed by atoms with Gasteiger partial charge in [0.25, 0.3) is 0 Å². The summed E-state index contributed by atoms with van der Waals surface area (Å²) in [6.45, 7) is 4.32. The number of methoxy groups -OCH3 is 1. The molecule has 5 rings (SSSR count). The number of fused-ring (bicyclic) bond motifs is 4. The fourth-order valence-electron chi connectivity index (χ4n) is 6.72. The van der Waals surface area contributed by atoms with Gasteiger partial charge in [-0.1, -0.05) is 39.5 Å². The number of H-pyrrole nitrogens is 1. The van der Waals surface area contributed by atoms with E-state index in [4.69, 9.17) is 4.74 Å². The zero-order valence-electron chi connectivity index (χ0n) is 22.5. The lowest BCUT2D eigenvalue weighted by Gasteiger charge is -2.47. The Kier molecular flexibility index (Phi) is 7.59. The predicted octanol–water partition coefficient (Wildman–Crippen LogP) is 5.23. The van der Waals surface area contributed by atoms with Gasteiger partial charge in [0.15, 0.2) is 0 Å². The number of rotatable bonds is 10. The number of nitrogens with one attached hydrogen (secondary N) is 2. The minimum absolute atomic E-state index is 0.0270. The molecule has 2 N–H and O–H groups in total. The number of hydrogen-bond donors (Lipinski definition) is 2. The number of aromatic amines is 1. The molecule has 2 fully saturated rings. The molecule has 7 nitrogen and oxygen atoms in total. The first-order valence-corrected chi connectivity index (χ1v) is 14.2. The van der Waals surface area contributed by atoms with Gasteiger partial charge in [-0.05, 0) is 55.7 Å². The van der Waals surface area contributed by atoms with Gasteiger partial charge in [-0.25, -0.2) is 0 Å². The summed E-state index contributed by atoms with van der Waals surface area (Å²) in [6, 6.07) is 4.86. The lowest BCUT2D eigenvalue weighted by molar-refractivity contribution is -0.154. The van der Waals surface area contributed by atoms with Crippen molar-refractivity contribution in [3.05, 3.63) is 29.5 Å². The number of aromatic nitrogens is 1. The van der Waals surface area contributed by atoms with E-state index in [0.29, 0.717) is 31.0 Å². The highest BCUT2D eigenvalue weighted by molar-refractivity contribution is 5.99. The predicted molar refractivity (Wildman–Crippen MR) is 143 cm³/mol. The molecule has 1 aromatic carbocycles. The van der Waals surface area contributed by atoms with Crippen LogP contribution in [0.25, 0.3) is 10.9 Å². The highest BCUT2D eigenvalue weighted by Crippen LogP contribution is 2.42. The number of ether oxygens (including phenoxy) is 1. The van der Waals surface area contributed by atoms with Crippen LogP contribution in [0.15, 0.2) is 18.2 Å². The number of unbranched alkanes of at least 4 members (excludes halogenated alkanes) is 2. The normalized spacial score (nSPS) is 23.9. The van der Waals surface area contributed by atoms with Crippen LogP contribution in [-0.4, -0.2) is 46.7 Å². The maximum absolute atomic E-state index is 13.8. The van der Waals surface area contributed by atoms with E-state index in [1.54, 1.807) is 7.11 Å². The molecule has 1 aliphatic carbocycles. The van der Waals surface area contributed by atoms with E-state index in [-0.39, 0.29) is 23.8 Å². The van der Waals surface area contributed by atoms with Crippen molar-refractivity contribution in [2.24, 2.45) is 11.8 Å². The molecule has 3 aliphatic rings. The largest absolute Gasteiger partial charge is 0.497 e. The van der Waals surface area contributed by atoms with Crippen molar-refractivity contribution in [3.63, 3.8) is 0 Å². The minimum atomic E-state index is -0.491. The van der Waals surface area contributed by atoms with Gasteiger partial charge in [-0.2, -0.15) is 0 Å². The van der Waals surface area contributed by atoms with Crippen LogP contribution >= 0.6 is 0 Å². The van der Waals surface area contributed by atoms with E-state index in [1.807, 2.05) is 17.0 Å². The third kappa shape index (κ3) is 5.14. The monoisotopic (exact) mass is 507 g/mol. The summed E-state index contributed by atoms with van der Waals surface area (Å²) in [7, 11) is 1.66. The molecule has 0 spiro atoms. The van der Waals surface area contributed by atoms with Gasteiger partial charge < -0.3 is 19.9 Å². The molecule has 1 saturated carbocycles. The SMILES string of the molecule is COc1ccc2c3c([nH]c2c1)[C@H](CC(C)C)N1C(=O)[C@H](CCCCCC(=O)C2CCCC2)NC(=O)[C@@H]1C3. The highest BCUT2D eigenvalue weighted by atomic mass is 16.5. The molecule has 37 heavy (non-hydrogen) atoms. The zero-order chi connectivity index (χ0) is 26.1. The summed E-state index contributed by atoms with van der Waals surface area (Å²) < 4.78 is 5.41. The van der Waals surface area contributed by atoms with Crippen molar-refractivity contribution in [1.82, 2.24) is 15.2 Å². The number of carbonyl (C=O) groups excluding carboxylic acids is 3. The summed E-state index contributed by atoms with van der Waals surface area (Å²) in [5, 5.41) is 4.14. The molecular formula is C30H41N3O4. The van der Waals surface area contributed by atoms with Crippen molar-refractivity contribution in [1.29, 1.82) is 0 Å². The Hall–Kier alpha value is -2.83. The van der Waals surface area contributed by atoms with E-state index >= 15 is 0 Å². The molecule has 3 atom stereocenters. The Morgan fingerprint density at radius 2 is 1.92 bits per heavy atom. The highest BCUT2D eigenvalue weighted by Gasteiger charge is 2.48. The van der Waals surface area contributed by atoms with Crippen molar-refractivity contribution in [2.75, 3.05) is 7.11 Å². The third-order valence-electron chi connectivity index (χ3n) is 8.64. The fraction of sp³-hybridized carbons (Fsp3) is 0.633. The van der Waals surface area contributed by atoms with E-state index < -0.39 is 12.1 Å².